The standard InChI is InChI=1S/C37H36N2O7/c1-38-9-8-23-15-33(41-3)36(40)37-19-42-29-17-25-18-39(2)26(14-24(25)16-30(29)46-37)10-21-4-6-27(7-5-21)45-32-13-22(11-28(38)34(23)37)12-31-35(32)44-20-43-31/h4-7,12-13,15-17,26,28H,8-11,14,18-20H2,1-3H3. The van der Waals surface area contributed by atoms with Crippen LogP contribution in [0.5, 0.6) is 34.5 Å². The van der Waals surface area contributed by atoms with Gasteiger partial charge in [0.2, 0.25) is 23.9 Å². The molecule has 10 rings (SSSR count). The third-order valence-corrected chi connectivity index (χ3v) is 10.5. The lowest BCUT2D eigenvalue weighted by atomic mass is 9.72. The minimum Gasteiger partial charge on any atom is -0.493 e. The average molecular weight is 621 g/mol. The van der Waals surface area contributed by atoms with E-state index in [4.69, 9.17) is 28.4 Å². The Morgan fingerprint density at radius 2 is 1.67 bits per heavy atom. The molecule has 7 aliphatic rings. The van der Waals surface area contributed by atoms with Gasteiger partial charge in [0.25, 0.3) is 0 Å². The van der Waals surface area contributed by atoms with Gasteiger partial charge in [-0.2, -0.15) is 0 Å². The normalized spacial score (nSPS) is 26.3. The molecular weight excluding hydrogens is 584 g/mol. The molecule has 0 aromatic heterocycles. The minimum absolute atomic E-state index is 0.0729. The van der Waals surface area contributed by atoms with E-state index in [9.17, 15) is 4.79 Å². The number of carbonyl (C=O) groups excluding carboxylic acids is 1. The number of ether oxygens (including phenoxy) is 6. The Morgan fingerprint density at radius 1 is 0.848 bits per heavy atom. The Kier molecular flexibility index (Phi) is 6.21. The number of methoxy groups -OCH3 is 1. The van der Waals surface area contributed by atoms with Crippen molar-refractivity contribution in [1.82, 2.24) is 9.80 Å². The number of hydrogen-bond acceptors (Lipinski definition) is 9. The predicted octanol–water partition coefficient (Wildman–Crippen LogP) is 4.99. The van der Waals surface area contributed by atoms with Crippen LogP contribution in [-0.4, -0.2) is 74.4 Å². The van der Waals surface area contributed by atoms with Crippen LogP contribution in [0, 0.1) is 0 Å². The Hall–Kier alpha value is -4.47. The van der Waals surface area contributed by atoms with Crippen molar-refractivity contribution in [3.05, 3.63) is 93.8 Å². The molecule has 0 saturated carbocycles. The largest absolute Gasteiger partial charge is 0.493 e. The Labute approximate surface area is 267 Å². The molecule has 8 bridgehead atoms. The molecule has 236 valence electrons. The zero-order valence-electron chi connectivity index (χ0n) is 26.3. The Balaban J connectivity index is 1.23. The number of allylic oxidation sites excluding steroid dienone is 1. The lowest BCUT2D eigenvalue weighted by Crippen LogP contribution is -2.61. The number of fused-ring (bicyclic) bond motifs is 3. The number of rotatable bonds is 1. The first kappa shape index (κ1) is 27.8. The molecule has 3 aromatic carbocycles. The second kappa shape index (κ2) is 10.3. The summed E-state index contributed by atoms with van der Waals surface area (Å²) >= 11 is 0. The number of carbonyl (C=O) groups is 1. The Bertz CT molecular complexity index is 1850. The number of nitrogens with zero attached hydrogens (tertiary/aromatic N) is 2. The number of benzene rings is 3. The molecule has 0 saturated heterocycles. The average Bonchev–Trinajstić information content (AvgIpc) is 3.53. The molecule has 46 heavy (non-hydrogen) atoms. The fourth-order valence-electron chi connectivity index (χ4n) is 8.05. The molecule has 1 aliphatic carbocycles. The summed E-state index contributed by atoms with van der Waals surface area (Å²) in [6.45, 7) is 1.84. The van der Waals surface area contributed by atoms with E-state index in [0.717, 1.165) is 54.8 Å². The van der Waals surface area contributed by atoms with Gasteiger partial charge in [-0.05, 0) is 110 Å². The first-order valence-electron chi connectivity index (χ1n) is 16.0. The van der Waals surface area contributed by atoms with Gasteiger partial charge in [0.15, 0.2) is 28.8 Å². The summed E-state index contributed by atoms with van der Waals surface area (Å²) in [6.07, 6.45) is 5.02. The topological polar surface area (TPSA) is 78.9 Å². The summed E-state index contributed by atoms with van der Waals surface area (Å²) in [5.41, 5.74) is 5.34. The van der Waals surface area contributed by atoms with Gasteiger partial charge in [-0.1, -0.05) is 12.1 Å². The van der Waals surface area contributed by atoms with E-state index in [1.165, 1.54) is 16.7 Å². The predicted molar refractivity (Wildman–Crippen MR) is 169 cm³/mol. The van der Waals surface area contributed by atoms with Crippen LogP contribution in [0.1, 0.15) is 28.7 Å². The van der Waals surface area contributed by atoms with E-state index in [1.54, 1.807) is 7.11 Å². The molecule has 6 aliphatic heterocycles. The smallest absolute Gasteiger partial charge is 0.248 e. The lowest BCUT2D eigenvalue weighted by molar-refractivity contribution is -0.136. The number of hydrogen-bond donors (Lipinski definition) is 0. The summed E-state index contributed by atoms with van der Waals surface area (Å²) in [4.78, 5) is 19.1. The van der Waals surface area contributed by atoms with E-state index < -0.39 is 5.60 Å². The highest BCUT2D eigenvalue weighted by Gasteiger charge is 2.56. The highest BCUT2D eigenvalue weighted by molar-refractivity contribution is 6.05. The summed E-state index contributed by atoms with van der Waals surface area (Å²) in [6, 6.07) is 16.7. The number of ketones is 1. The van der Waals surface area contributed by atoms with Crippen LogP contribution < -0.4 is 23.7 Å². The second-order valence-electron chi connectivity index (χ2n) is 13.3. The summed E-state index contributed by atoms with van der Waals surface area (Å²) < 4.78 is 37.4. The molecule has 9 heteroatoms. The van der Waals surface area contributed by atoms with Crippen molar-refractivity contribution in [2.24, 2.45) is 0 Å². The second-order valence-corrected chi connectivity index (χ2v) is 13.3. The first-order chi connectivity index (χ1) is 22.4. The van der Waals surface area contributed by atoms with Crippen LogP contribution in [0.2, 0.25) is 0 Å². The molecule has 9 nitrogen and oxygen atoms in total. The maximum Gasteiger partial charge on any atom is 0.248 e. The van der Waals surface area contributed by atoms with Crippen molar-refractivity contribution in [2.75, 3.05) is 41.1 Å². The van der Waals surface area contributed by atoms with E-state index in [2.05, 4.69) is 48.2 Å². The SMILES string of the molecule is COC1=CC2=C3C(Cc4cc5c(c(c4)Oc4ccc(cc4)CC4Cc6cc7c(cc6CN4C)OCC3(O7)C1=O)OCO5)N(C)CC2. The first-order valence-corrected chi connectivity index (χ1v) is 16.0. The van der Waals surface area contributed by atoms with Gasteiger partial charge in [0.1, 0.15) is 12.4 Å². The van der Waals surface area contributed by atoms with Gasteiger partial charge < -0.3 is 28.4 Å². The quantitative estimate of drug-likeness (QED) is 0.374. The molecule has 0 fully saturated rings. The lowest BCUT2D eigenvalue weighted by Gasteiger charge is -2.48. The highest BCUT2D eigenvalue weighted by Crippen LogP contribution is 2.49. The summed E-state index contributed by atoms with van der Waals surface area (Å²) in [5, 5.41) is 0. The fraction of sp³-hybridized carbons (Fsp3) is 0.378. The van der Waals surface area contributed by atoms with Crippen LogP contribution >= 0.6 is 0 Å². The minimum atomic E-state index is -1.35. The summed E-state index contributed by atoms with van der Waals surface area (Å²) in [7, 11) is 5.83. The van der Waals surface area contributed by atoms with Gasteiger partial charge in [-0.15, -0.1) is 0 Å². The number of likely N-dealkylation sites (N-methyl/N-ethyl adjacent to an activating group) is 2. The van der Waals surface area contributed by atoms with Gasteiger partial charge in [-0.3, -0.25) is 14.6 Å². The molecule has 3 aromatic rings. The van der Waals surface area contributed by atoms with Crippen LogP contribution in [0.25, 0.3) is 0 Å². The maximum atomic E-state index is 14.4. The van der Waals surface area contributed by atoms with E-state index in [1.807, 2.05) is 30.3 Å². The zero-order chi connectivity index (χ0) is 31.2. The van der Waals surface area contributed by atoms with Crippen molar-refractivity contribution in [3.63, 3.8) is 0 Å². The van der Waals surface area contributed by atoms with E-state index in [0.29, 0.717) is 47.0 Å². The van der Waals surface area contributed by atoms with Crippen LogP contribution in [0.4, 0.5) is 0 Å². The van der Waals surface area contributed by atoms with Crippen molar-refractivity contribution >= 4 is 5.78 Å². The third kappa shape index (κ3) is 4.25. The van der Waals surface area contributed by atoms with E-state index >= 15 is 0 Å². The van der Waals surface area contributed by atoms with Crippen LogP contribution in [0.3, 0.4) is 0 Å². The van der Waals surface area contributed by atoms with Gasteiger partial charge in [0, 0.05) is 30.7 Å². The molecular formula is C37H36N2O7. The zero-order valence-corrected chi connectivity index (χ0v) is 26.3. The van der Waals surface area contributed by atoms with Crippen molar-refractivity contribution in [1.29, 1.82) is 0 Å². The van der Waals surface area contributed by atoms with Crippen LogP contribution in [-0.2, 0) is 35.3 Å². The van der Waals surface area contributed by atoms with Crippen molar-refractivity contribution < 1.29 is 33.2 Å². The summed E-state index contributed by atoms with van der Waals surface area (Å²) in [5.74, 6) is 3.98. The monoisotopic (exact) mass is 620 g/mol. The van der Waals surface area contributed by atoms with Gasteiger partial charge in [0.05, 0.1) is 7.11 Å². The van der Waals surface area contributed by atoms with Crippen LogP contribution in [0.15, 0.2) is 71.5 Å². The van der Waals surface area contributed by atoms with Crippen molar-refractivity contribution in [2.45, 2.75) is 49.9 Å². The molecule has 0 amide bonds. The molecule has 6 heterocycles. The molecule has 0 radical (unpaired) electrons. The third-order valence-electron chi connectivity index (χ3n) is 10.5. The molecule has 3 unspecified atom stereocenters. The van der Waals surface area contributed by atoms with E-state index in [-0.39, 0.29) is 25.2 Å². The molecule has 1 spiro atoms. The maximum absolute atomic E-state index is 14.4. The molecule has 3 atom stereocenters. The van der Waals surface area contributed by atoms with Crippen molar-refractivity contribution in [3.8, 4) is 34.5 Å². The Morgan fingerprint density at radius 3 is 2.52 bits per heavy atom. The van der Waals surface area contributed by atoms with Gasteiger partial charge in [-0.25, -0.2) is 0 Å². The molecule has 0 N–H and O–H groups in total. The number of Topliss-reactive ketones (excluding diaryl/α,β-unsaturated/α-hetero) is 1. The van der Waals surface area contributed by atoms with Gasteiger partial charge >= 0.3 is 0 Å². The highest BCUT2D eigenvalue weighted by atomic mass is 16.7. The fourth-order valence-corrected chi connectivity index (χ4v) is 8.05.